The van der Waals surface area contributed by atoms with Gasteiger partial charge in [-0.1, -0.05) is 23.9 Å². The van der Waals surface area contributed by atoms with Gasteiger partial charge in [0.1, 0.15) is 5.75 Å². The van der Waals surface area contributed by atoms with E-state index in [0.29, 0.717) is 0 Å². The van der Waals surface area contributed by atoms with Crippen molar-refractivity contribution in [3.8, 4) is 5.75 Å². The van der Waals surface area contributed by atoms with Crippen LogP contribution in [-0.4, -0.2) is 63.2 Å². The summed E-state index contributed by atoms with van der Waals surface area (Å²) >= 11 is 1.86. The second kappa shape index (κ2) is 8.55. The van der Waals surface area contributed by atoms with E-state index in [0.717, 1.165) is 12.3 Å². The van der Waals surface area contributed by atoms with Crippen molar-refractivity contribution >= 4 is 23.1 Å². The molecule has 2 aromatic rings. The molecule has 0 radical (unpaired) electrons. The zero-order valence-electron chi connectivity index (χ0n) is 16.4. The van der Waals surface area contributed by atoms with E-state index in [4.69, 9.17) is 4.74 Å². The van der Waals surface area contributed by atoms with Gasteiger partial charge in [-0.15, -0.1) is 0 Å². The SMILES string of the molecule is COc1ccc2c(c1)N(CCCCN1CCN(C)CC1)c1ccccc1S2. The number of para-hydroxylation sites is 1. The summed E-state index contributed by atoms with van der Waals surface area (Å²) in [5, 5.41) is 0. The number of anilines is 2. The first-order chi connectivity index (χ1) is 13.2. The van der Waals surface area contributed by atoms with Crippen LogP contribution in [0.5, 0.6) is 5.75 Å². The molecule has 0 aromatic heterocycles. The van der Waals surface area contributed by atoms with Crippen molar-refractivity contribution < 1.29 is 4.74 Å². The highest BCUT2D eigenvalue weighted by atomic mass is 32.2. The Morgan fingerprint density at radius 2 is 1.63 bits per heavy atom. The fraction of sp³-hybridized carbons (Fsp3) is 0.455. The van der Waals surface area contributed by atoms with Gasteiger partial charge in [0, 0.05) is 48.6 Å². The van der Waals surface area contributed by atoms with Gasteiger partial charge in [-0.3, -0.25) is 0 Å². The van der Waals surface area contributed by atoms with Crippen LogP contribution in [0.4, 0.5) is 11.4 Å². The highest BCUT2D eigenvalue weighted by Gasteiger charge is 2.23. The third kappa shape index (κ3) is 4.26. The molecule has 2 aliphatic rings. The van der Waals surface area contributed by atoms with E-state index < -0.39 is 0 Å². The largest absolute Gasteiger partial charge is 0.497 e. The molecule has 0 amide bonds. The lowest BCUT2D eigenvalue weighted by molar-refractivity contribution is 0.152. The molecule has 0 bridgehead atoms. The summed E-state index contributed by atoms with van der Waals surface area (Å²) in [5.74, 6) is 0.927. The third-order valence-electron chi connectivity index (χ3n) is 5.53. The molecule has 1 fully saturated rings. The zero-order chi connectivity index (χ0) is 18.6. The number of methoxy groups -OCH3 is 1. The van der Waals surface area contributed by atoms with Gasteiger partial charge in [-0.2, -0.15) is 0 Å². The summed E-state index contributed by atoms with van der Waals surface area (Å²) in [5.41, 5.74) is 2.60. The number of hydrogen-bond donors (Lipinski definition) is 0. The van der Waals surface area contributed by atoms with Crippen molar-refractivity contribution in [1.29, 1.82) is 0 Å². The third-order valence-corrected chi connectivity index (χ3v) is 6.67. The smallest absolute Gasteiger partial charge is 0.121 e. The molecule has 2 aliphatic heterocycles. The molecule has 0 unspecified atom stereocenters. The fourth-order valence-corrected chi connectivity index (χ4v) is 4.93. The molecule has 0 saturated carbocycles. The van der Waals surface area contributed by atoms with Gasteiger partial charge in [-0.25, -0.2) is 0 Å². The summed E-state index contributed by atoms with van der Waals surface area (Å²) in [6.07, 6.45) is 2.44. The van der Waals surface area contributed by atoms with Gasteiger partial charge in [-0.05, 0) is 50.7 Å². The van der Waals surface area contributed by atoms with Crippen LogP contribution in [0.1, 0.15) is 12.8 Å². The molecule has 2 aromatic carbocycles. The lowest BCUT2D eigenvalue weighted by Gasteiger charge is -2.34. The molecule has 0 N–H and O–H groups in total. The van der Waals surface area contributed by atoms with Gasteiger partial charge < -0.3 is 19.4 Å². The number of fused-ring (bicyclic) bond motifs is 2. The number of piperazine rings is 1. The molecule has 0 atom stereocenters. The predicted octanol–water partition coefficient (Wildman–Crippen LogP) is 4.33. The highest BCUT2D eigenvalue weighted by molar-refractivity contribution is 7.99. The van der Waals surface area contributed by atoms with Gasteiger partial charge >= 0.3 is 0 Å². The number of benzene rings is 2. The number of likely N-dealkylation sites (N-methyl/N-ethyl adjacent to an activating group) is 1. The Morgan fingerprint density at radius 3 is 2.44 bits per heavy atom. The van der Waals surface area contributed by atoms with Crippen molar-refractivity contribution in [2.45, 2.75) is 22.6 Å². The Hall–Kier alpha value is -1.69. The highest BCUT2D eigenvalue weighted by Crippen LogP contribution is 2.49. The maximum atomic E-state index is 5.48. The monoisotopic (exact) mass is 383 g/mol. The lowest BCUT2D eigenvalue weighted by atomic mass is 10.2. The molecular weight excluding hydrogens is 354 g/mol. The Bertz CT molecular complexity index is 774. The van der Waals surface area contributed by atoms with Crippen LogP contribution in [0.2, 0.25) is 0 Å². The van der Waals surface area contributed by atoms with Gasteiger partial charge in [0.15, 0.2) is 0 Å². The molecule has 0 aliphatic carbocycles. The fourth-order valence-electron chi connectivity index (χ4n) is 3.85. The minimum atomic E-state index is 0.927. The zero-order valence-corrected chi connectivity index (χ0v) is 17.2. The van der Waals surface area contributed by atoms with Crippen molar-refractivity contribution in [2.24, 2.45) is 0 Å². The maximum Gasteiger partial charge on any atom is 0.121 e. The van der Waals surface area contributed by atoms with Gasteiger partial charge in [0.25, 0.3) is 0 Å². The molecule has 1 saturated heterocycles. The van der Waals surface area contributed by atoms with Crippen LogP contribution in [0.25, 0.3) is 0 Å². The van der Waals surface area contributed by atoms with Gasteiger partial charge in [0.05, 0.1) is 18.5 Å². The normalized spacial score (nSPS) is 17.5. The molecule has 144 valence electrons. The molecule has 5 heteroatoms. The number of hydrogen-bond acceptors (Lipinski definition) is 5. The number of rotatable bonds is 6. The predicted molar refractivity (Wildman–Crippen MR) is 114 cm³/mol. The molecule has 2 heterocycles. The van der Waals surface area contributed by atoms with Gasteiger partial charge in [0.2, 0.25) is 0 Å². The number of unbranched alkanes of at least 4 members (excludes halogenated alkanes) is 1. The van der Waals surface area contributed by atoms with Crippen LogP contribution in [-0.2, 0) is 0 Å². The van der Waals surface area contributed by atoms with E-state index in [1.165, 1.54) is 66.7 Å². The van der Waals surface area contributed by atoms with Crippen LogP contribution >= 0.6 is 11.8 Å². The van der Waals surface area contributed by atoms with Crippen molar-refractivity contribution in [1.82, 2.24) is 9.80 Å². The molecule has 4 nitrogen and oxygen atoms in total. The summed E-state index contributed by atoms with van der Waals surface area (Å²) < 4.78 is 5.48. The second-order valence-corrected chi connectivity index (χ2v) is 8.49. The van der Waals surface area contributed by atoms with E-state index in [2.05, 4.69) is 64.2 Å². The van der Waals surface area contributed by atoms with Crippen molar-refractivity contribution in [3.63, 3.8) is 0 Å². The average molecular weight is 384 g/mol. The number of nitrogens with zero attached hydrogens (tertiary/aromatic N) is 3. The molecule has 4 rings (SSSR count). The van der Waals surface area contributed by atoms with E-state index in [-0.39, 0.29) is 0 Å². The minimum Gasteiger partial charge on any atom is -0.497 e. The Balaban J connectivity index is 1.43. The summed E-state index contributed by atoms with van der Waals surface area (Å²) in [6, 6.07) is 15.2. The lowest BCUT2D eigenvalue weighted by Crippen LogP contribution is -2.44. The summed E-state index contributed by atoms with van der Waals surface area (Å²) in [6.45, 7) is 7.07. The van der Waals surface area contributed by atoms with Crippen LogP contribution in [0.3, 0.4) is 0 Å². The first-order valence-electron chi connectivity index (χ1n) is 9.88. The standard InChI is InChI=1S/C22H29N3OS/c1-23-13-15-24(16-14-23)11-5-6-12-25-19-7-3-4-8-21(19)27-22-10-9-18(26-2)17-20(22)25/h3-4,7-10,17H,5-6,11-16H2,1-2H3. The first kappa shape index (κ1) is 18.7. The Morgan fingerprint density at radius 1 is 0.889 bits per heavy atom. The van der Waals surface area contributed by atoms with Crippen molar-refractivity contribution in [2.75, 3.05) is 58.3 Å². The van der Waals surface area contributed by atoms with Crippen LogP contribution < -0.4 is 9.64 Å². The quantitative estimate of drug-likeness (QED) is 0.690. The molecule has 27 heavy (non-hydrogen) atoms. The Labute approximate surface area is 167 Å². The summed E-state index contributed by atoms with van der Waals surface area (Å²) in [7, 11) is 3.96. The minimum absolute atomic E-state index is 0.927. The molecular formula is C22H29N3OS. The topological polar surface area (TPSA) is 19.0 Å². The maximum absolute atomic E-state index is 5.48. The average Bonchev–Trinajstić information content (AvgIpc) is 2.71. The summed E-state index contributed by atoms with van der Waals surface area (Å²) in [4.78, 5) is 10.2. The van der Waals surface area contributed by atoms with Crippen LogP contribution in [0, 0.1) is 0 Å². The van der Waals surface area contributed by atoms with Crippen molar-refractivity contribution in [3.05, 3.63) is 42.5 Å². The Kier molecular flexibility index (Phi) is 5.91. The van der Waals surface area contributed by atoms with E-state index in [9.17, 15) is 0 Å². The number of ether oxygens (including phenoxy) is 1. The van der Waals surface area contributed by atoms with E-state index in [1.54, 1.807) is 7.11 Å². The van der Waals surface area contributed by atoms with E-state index in [1.807, 2.05) is 11.8 Å². The molecule has 0 spiro atoms. The van der Waals surface area contributed by atoms with E-state index >= 15 is 0 Å². The first-order valence-corrected chi connectivity index (χ1v) is 10.7. The second-order valence-electron chi connectivity index (χ2n) is 7.41. The van der Waals surface area contributed by atoms with Crippen LogP contribution in [0.15, 0.2) is 52.3 Å².